The minimum absolute atomic E-state index is 0.0169. The van der Waals surface area contributed by atoms with Crippen LogP contribution in [0.1, 0.15) is 34.1 Å². The van der Waals surface area contributed by atoms with Crippen molar-refractivity contribution in [3.63, 3.8) is 0 Å². The van der Waals surface area contributed by atoms with Crippen molar-refractivity contribution in [2.75, 3.05) is 18.4 Å². The third kappa shape index (κ3) is 4.19. The average Bonchev–Trinajstić information content (AvgIpc) is 2.85. The van der Waals surface area contributed by atoms with Crippen LogP contribution >= 0.6 is 11.3 Å². The lowest BCUT2D eigenvalue weighted by molar-refractivity contribution is -0.121. The number of thiazole rings is 1. The van der Waals surface area contributed by atoms with Gasteiger partial charge >= 0.3 is 0 Å². The summed E-state index contributed by atoms with van der Waals surface area (Å²) in [5.74, 6) is 0.732. The molecule has 3 heterocycles. The minimum atomic E-state index is 0.0169. The SMILES string of the molecule is Cc1cccc(NC(=O)[C@H]2CCCN(Cc3nc(C)c(C)s3)C2)n1. The van der Waals surface area contributed by atoms with Crippen LogP contribution in [0.25, 0.3) is 0 Å². The Morgan fingerprint density at radius 2 is 2.17 bits per heavy atom. The van der Waals surface area contributed by atoms with Gasteiger partial charge in [0.15, 0.2) is 0 Å². The number of nitrogens with one attached hydrogen (secondary N) is 1. The van der Waals surface area contributed by atoms with E-state index in [0.29, 0.717) is 5.82 Å². The molecule has 2 aromatic rings. The summed E-state index contributed by atoms with van der Waals surface area (Å²) < 4.78 is 0. The first-order valence-electron chi connectivity index (χ1n) is 8.41. The number of piperidine rings is 1. The van der Waals surface area contributed by atoms with E-state index in [2.05, 4.69) is 34.0 Å². The van der Waals surface area contributed by atoms with Gasteiger partial charge in [-0.15, -0.1) is 11.3 Å². The molecule has 1 amide bonds. The second-order valence-electron chi connectivity index (χ2n) is 6.48. The molecule has 0 spiro atoms. The number of hydrogen-bond donors (Lipinski definition) is 1. The molecular formula is C18H24N4OS. The zero-order valence-corrected chi connectivity index (χ0v) is 15.3. The molecule has 0 unspecified atom stereocenters. The zero-order chi connectivity index (χ0) is 17.1. The van der Waals surface area contributed by atoms with Crippen molar-refractivity contribution in [2.24, 2.45) is 5.92 Å². The standard InChI is InChI=1S/C18H24N4OS/c1-12-6-4-8-16(19-12)21-18(23)15-7-5-9-22(10-15)11-17-20-13(2)14(3)24-17/h4,6,8,15H,5,7,9-11H2,1-3H3,(H,19,21,23)/t15-/m0/s1. The smallest absolute Gasteiger partial charge is 0.229 e. The van der Waals surface area contributed by atoms with E-state index in [9.17, 15) is 4.79 Å². The number of carbonyl (C=O) groups is 1. The molecule has 1 aliphatic rings. The summed E-state index contributed by atoms with van der Waals surface area (Å²) >= 11 is 1.76. The van der Waals surface area contributed by atoms with Crippen LogP contribution in [0.5, 0.6) is 0 Å². The normalized spacial score (nSPS) is 18.5. The van der Waals surface area contributed by atoms with Gasteiger partial charge in [0.1, 0.15) is 10.8 Å². The Balaban J connectivity index is 1.59. The number of aromatic nitrogens is 2. The Morgan fingerprint density at radius 3 is 2.88 bits per heavy atom. The van der Waals surface area contributed by atoms with Crippen LogP contribution in [0.4, 0.5) is 5.82 Å². The number of rotatable bonds is 4. The van der Waals surface area contributed by atoms with E-state index in [4.69, 9.17) is 0 Å². The summed E-state index contributed by atoms with van der Waals surface area (Å²) in [5.41, 5.74) is 2.03. The van der Waals surface area contributed by atoms with Crippen LogP contribution in [-0.2, 0) is 11.3 Å². The van der Waals surface area contributed by atoms with E-state index in [0.717, 1.165) is 48.9 Å². The average molecular weight is 344 g/mol. The van der Waals surface area contributed by atoms with Gasteiger partial charge in [-0.2, -0.15) is 0 Å². The number of aryl methyl sites for hydroxylation is 3. The molecule has 3 rings (SSSR count). The third-order valence-electron chi connectivity index (χ3n) is 4.45. The van der Waals surface area contributed by atoms with Crippen LogP contribution in [0.15, 0.2) is 18.2 Å². The molecule has 2 aromatic heterocycles. The first-order chi connectivity index (χ1) is 11.5. The molecule has 128 valence electrons. The fourth-order valence-electron chi connectivity index (χ4n) is 3.05. The molecule has 0 saturated carbocycles. The van der Waals surface area contributed by atoms with Crippen molar-refractivity contribution in [1.29, 1.82) is 0 Å². The maximum Gasteiger partial charge on any atom is 0.229 e. The molecule has 0 aromatic carbocycles. The van der Waals surface area contributed by atoms with Crippen molar-refractivity contribution in [3.8, 4) is 0 Å². The highest BCUT2D eigenvalue weighted by Gasteiger charge is 2.26. The van der Waals surface area contributed by atoms with Crippen LogP contribution in [0.3, 0.4) is 0 Å². The minimum Gasteiger partial charge on any atom is -0.310 e. The second-order valence-corrected chi connectivity index (χ2v) is 7.76. The van der Waals surface area contributed by atoms with E-state index >= 15 is 0 Å². The summed E-state index contributed by atoms with van der Waals surface area (Å²) in [4.78, 5) is 25.1. The predicted octanol–water partition coefficient (Wildman–Crippen LogP) is 3.31. The third-order valence-corrected chi connectivity index (χ3v) is 5.51. The van der Waals surface area contributed by atoms with Gasteiger partial charge in [0.2, 0.25) is 5.91 Å². The first-order valence-corrected chi connectivity index (χ1v) is 9.22. The van der Waals surface area contributed by atoms with Gasteiger partial charge in [0, 0.05) is 17.1 Å². The summed E-state index contributed by atoms with van der Waals surface area (Å²) in [6.45, 7) is 8.75. The number of likely N-dealkylation sites (tertiary alicyclic amines) is 1. The Morgan fingerprint density at radius 1 is 1.33 bits per heavy atom. The van der Waals surface area contributed by atoms with Crippen LogP contribution in [0, 0.1) is 26.7 Å². The summed E-state index contributed by atoms with van der Waals surface area (Å²) in [6, 6.07) is 5.68. The Kier molecular flexibility index (Phi) is 5.26. The van der Waals surface area contributed by atoms with Crippen LogP contribution in [-0.4, -0.2) is 33.9 Å². The largest absolute Gasteiger partial charge is 0.310 e. The number of hydrogen-bond acceptors (Lipinski definition) is 5. The Hall–Kier alpha value is -1.79. The van der Waals surface area contributed by atoms with Gasteiger partial charge in [-0.05, 0) is 52.3 Å². The molecule has 6 heteroatoms. The summed E-state index contributed by atoms with van der Waals surface area (Å²) in [6.07, 6.45) is 1.98. The van der Waals surface area contributed by atoms with E-state index in [1.54, 1.807) is 11.3 Å². The van der Waals surface area contributed by atoms with Crippen molar-refractivity contribution >= 4 is 23.1 Å². The fourth-order valence-corrected chi connectivity index (χ4v) is 4.03. The molecule has 5 nitrogen and oxygen atoms in total. The lowest BCUT2D eigenvalue weighted by Crippen LogP contribution is -2.40. The monoisotopic (exact) mass is 344 g/mol. The van der Waals surface area contributed by atoms with Gasteiger partial charge in [0.05, 0.1) is 18.2 Å². The Labute approximate surface area is 147 Å². The van der Waals surface area contributed by atoms with Crippen molar-refractivity contribution in [2.45, 2.75) is 40.2 Å². The maximum absolute atomic E-state index is 12.5. The number of nitrogens with zero attached hydrogens (tertiary/aromatic N) is 3. The zero-order valence-electron chi connectivity index (χ0n) is 14.5. The highest BCUT2D eigenvalue weighted by Crippen LogP contribution is 2.23. The number of amides is 1. The molecule has 1 fully saturated rings. The lowest BCUT2D eigenvalue weighted by atomic mass is 9.97. The molecule has 24 heavy (non-hydrogen) atoms. The molecule has 1 atom stereocenters. The molecule has 0 bridgehead atoms. The van der Waals surface area contributed by atoms with E-state index < -0.39 is 0 Å². The van der Waals surface area contributed by atoms with Gasteiger partial charge in [-0.25, -0.2) is 9.97 Å². The second kappa shape index (κ2) is 7.40. The lowest BCUT2D eigenvalue weighted by Gasteiger charge is -2.31. The summed E-state index contributed by atoms with van der Waals surface area (Å²) in [5, 5.41) is 4.11. The quantitative estimate of drug-likeness (QED) is 0.924. The van der Waals surface area contributed by atoms with E-state index in [1.807, 2.05) is 25.1 Å². The maximum atomic E-state index is 12.5. The van der Waals surface area contributed by atoms with Gasteiger partial charge in [-0.1, -0.05) is 6.07 Å². The van der Waals surface area contributed by atoms with Crippen molar-refractivity contribution < 1.29 is 4.79 Å². The highest BCUT2D eigenvalue weighted by molar-refractivity contribution is 7.11. The molecule has 1 N–H and O–H groups in total. The van der Waals surface area contributed by atoms with Crippen molar-refractivity contribution in [3.05, 3.63) is 39.5 Å². The van der Waals surface area contributed by atoms with Crippen LogP contribution < -0.4 is 5.32 Å². The fraction of sp³-hybridized carbons (Fsp3) is 0.500. The summed E-state index contributed by atoms with van der Waals surface area (Å²) in [7, 11) is 0. The number of carbonyl (C=O) groups excluding carboxylic acids is 1. The molecule has 1 saturated heterocycles. The highest BCUT2D eigenvalue weighted by atomic mass is 32.1. The number of pyridine rings is 1. The van der Waals surface area contributed by atoms with Crippen molar-refractivity contribution in [1.82, 2.24) is 14.9 Å². The Bertz CT molecular complexity index is 708. The first kappa shape index (κ1) is 17.0. The topological polar surface area (TPSA) is 58.1 Å². The van der Waals surface area contributed by atoms with E-state index in [-0.39, 0.29) is 11.8 Å². The molecular weight excluding hydrogens is 320 g/mol. The molecule has 0 aliphatic carbocycles. The van der Waals surface area contributed by atoms with Crippen LogP contribution in [0.2, 0.25) is 0 Å². The van der Waals surface area contributed by atoms with Gasteiger partial charge < -0.3 is 5.32 Å². The number of anilines is 1. The van der Waals surface area contributed by atoms with Gasteiger partial charge in [0.25, 0.3) is 0 Å². The predicted molar refractivity (Wildman–Crippen MR) is 97.2 cm³/mol. The molecule has 0 radical (unpaired) electrons. The van der Waals surface area contributed by atoms with Gasteiger partial charge in [-0.3, -0.25) is 9.69 Å². The molecule has 1 aliphatic heterocycles. The van der Waals surface area contributed by atoms with E-state index in [1.165, 1.54) is 4.88 Å².